The highest BCUT2D eigenvalue weighted by Gasteiger charge is 2.27. The van der Waals surface area contributed by atoms with E-state index in [0.29, 0.717) is 18.0 Å². The molecule has 0 saturated carbocycles. The van der Waals surface area contributed by atoms with Gasteiger partial charge in [-0.15, -0.1) is 0 Å². The van der Waals surface area contributed by atoms with Crippen LogP contribution in [-0.2, 0) is 4.79 Å². The van der Waals surface area contributed by atoms with E-state index in [1.54, 1.807) is 0 Å². The summed E-state index contributed by atoms with van der Waals surface area (Å²) < 4.78 is 0. The van der Waals surface area contributed by atoms with Crippen molar-refractivity contribution in [3.63, 3.8) is 0 Å². The molecule has 88 valence electrons. The standard InChI is InChI=1S/C12H24N2O/c1-5-10(3)14(4)12(15)11-7-6-9(2)13-8-11/h9-11,13H,5-8H2,1-4H3. The first-order chi connectivity index (χ1) is 7.06. The number of hydrogen-bond donors (Lipinski definition) is 1. The summed E-state index contributed by atoms with van der Waals surface area (Å²) in [5, 5.41) is 3.38. The Morgan fingerprint density at radius 1 is 1.53 bits per heavy atom. The van der Waals surface area contributed by atoms with Crippen LogP contribution < -0.4 is 5.32 Å². The SMILES string of the molecule is CCC(C)N(C)C(=O)C1CCC(C)NC1. The van der Waals surface area contributed by atoms with Crippen LogP contribution in [0.1, 0.15) is 40.0 Å². The second-order valence-corrected chi connectivity index (χ2v) is 4.79. The molecule has 1 heterocycles. The lowest BCUT2D eigenvalue weighted by Crippen LogP contribution is -2.46. The summed E-state index contributed by atoms with van der Waals surface area (Å²) in [5.41, 5.74) is 0. The molecule has 1 fully saturated rings. The molecule has 1 rings (SSSR count). The minimum Gasteiger partial charge on any atom is -0.343 e. The topological polar surface area (TPSA) is 32.3 Å². The molecule has 3 nitrogen and oxygen atoms in total. The van der Waals surface area contributed by atoms with E-state index in [4.69, 9.17) is 0 Å². The summed E-state index contributed by atoms with van der Waals surface area (Å²) in [6.07, 6.45) is 3.18. The van der Waals surface area contributed by atoms with E-state index in [9.17, 15) is 4.79 Å². The van der Waals surface area contributed by atoms with Crippen LogP contribution in [0.15, 0.2) is 0 Å². The van der Waals surface area contributed by atoms with Gasteiger partial charge in [0.05, 0.1) is 5.92 Å². The molecule has 0 aromatic carbocycles. The van der Waals surface area contributed by atoms with Crippen molar-refractivity contribution in [2.24, 2.45) is 5.92 Å². The van der Waals surface area contributed by atoms with Crippen LogP contribution in [0.3, 0.4) is 0 Å². The highest BCUT2D eigenvalue weighted by Crippen LogP contribution is 2.17. The van der Waals surface area contributed by atoms with Crippen LogP contribution in [0.5, 0.6) is 0 Å². The van der Waals surface area contributed by atoms with Gasteiger partial charge in [-0.05, 0) is 33.1 Å². The molecule has 1 N–H and O–H groups in total. The maximum absolute atomic E-state index is 12.1. The molecule has 0 spiro atoms. The predicted molar refractivity (Wildman–Crippen MR) is 62.7 cm³/mol. The molecule has 1 amide bonds. The second-order valence-electron chi connectivity index (χ2n) is 4.79. The molecule has 0 bridgehead atoms. The van der Waals surface area contributed by atoms with Gasteiger partial charge in [0.1, 0.15) is 0 Å². The van der Waals surface area contributed by atoms with E-state index in [-0.39, 0.29) is 5.92 Å². The highest BCUT2D eigenvalue weighted by molar-refractivity contribution is 5.79. The monoisotopic (exact) mass is 212 g/mol. The quantitative estimate of drug-likeness (QED) is 0.771. The van der Waals surface area contributed by atoms with E-state index in [2.05, 4.69) is 26.1 Å². The number of nitrogens with one attached hydrogen (secondary N) is 1. The molecule has 0 aromatic heterocycles. The van der Waals surface area contributed by atoms with E-state index in [1.165, 1.54) is 0 Å². The van der Waals surface area contributed by atoms with Crippen LogP contribution in [0.4, 0.5) is 0 Å². The van der Waals surface area contributed by atoms with Crippen molar-refractivity contribution in [1.82, 2.24) is 10.2 Å². The minimum atomic E-state index is 0.195. The first-order valence-electron chi connectivity index (χ1n) is 6.06. The molecule has 3 atom stereocenters. The van der Waals surface area contributed by atoms with Gasteiger partial charge in [-0.2, -0.15) is 0 Å². The molecular formula is C12H24N2O. The zero-order chi connectivity index (χ0) is 11.4. The minimum absolute atomic E-state index is 0.195. The number of piperidine rings is 1. The molecule has 3 heteroatoms. The maximum atomic E-state index is 12.1. The van der Waals surface area contributed by atoms with Gasteiger partial charge in [0, 0.05) is 25.7 Å². The number of carbonyl (C=O) groups is 1. The Kier molecular flexibility index (Phi) is 4.58. The van der Waals surface area contributed by atoms with Gasteiger partial charge in [0.15, 0.2) is 0 Å². The molecule has 0 radical (unpaired) electrons. The Morgan fingerprint density at radius 2 is 2.20 bits per heavy atom. The van der Waals surface area contributed by atoms with Crippen molar-refractivity contribution in [2.75, 3.05) is 13.6 Å². The van der Waals surface area contributed by atoms with Gasteiger partial charge in [-0.1, -0.05) is 6.92 Å². The van der Waals surface area contributed by atoms with Crippen LogP contribution >= 0.6 is 0 Å². The molecule has 1 saturated heterocycles. The molecular weight excluding hydrogens is 188 g/mol. The first kappa shape index (κ1) is 12.5. The van der Waals surface area contributed by atoms with Crippen molar-refractivity contribution in [3.05, 3.63) is 0 Å². The van der Waals surface area contributed by atoms with E-state index < -0.39 is 0 Å². The molecule has 1 aliphatic rings. The average molecular weight is 212 g/mol. The molecule has 3 unspecified atom stereocenters. The van der Waals surface area contributed by atoms with Crippen LogP contribution in [0.2, 0.25) is 0 Å². The Hall–Kier alpha value is -0.570. The average Bonchev–Trinajstić information content (AvgIpc) is 2.27. The fourth-order valence-electron chi connectivity index (χ4n) is 1.99. The molecule has 0 aliphatic carbocycles. The molecule has 0 aromatic rings. The molecule has 1 aliphatic heterocycles. The van der Waals surface area contributed by atoms with Crippen LogP contribution in [-0.4, -0.2) is 36.5 Å². The predicted octanol–water partition coefficient (Wildman–Crippen LogP) is 1.63. The molecule has 15 heavy (non-hydrogen) atoms. The van der Waals surface area contributed by atoms with E-state index in [0.717, 1.165) is 25.8 Å². The highest BCUT2D eigenvalue weighted by atomic mass is 16.2. The van der Waals surface area contributed by atoms with Gasteiger partial charge >= 0.3 is 0 Å². The number of rotatable bonds is 3. The summed E-state index contributed by atoms with van der Waals surface area (Å²) in [4.78, 5) is 14.0. The first-order valence-corrected chi connectivity index (χ1v) is 6.06. The summed E-state index contributed by atoms with van der Waals surface area (Å²) in [6.45, 7) is 7.26. The summed E-state index contributed by atoms with van der Waals surface area (Å²) in [6, 6.07) is 0.930. The fraction of sp³-hybridized carbons (Fsp3) is 0.917. The van der Waals surface area contributed by atoms with Gasteiger partial charge in [-0.25, -0.2) is 0 Å². The summed E-state index contributed by atoms with van der Waals surface area (Å²) in [5.74, 6) is 0.504. The number of amides is 1. The Labute approximate surface area is 93.2 Å². The Morgan fingerprint density at radius 3 is 2.67 bits per heavy atom. The smallest absolute Gasteiger partial charge is 0.226 e. The van der Waals surface area contributed by atoms with E-state index in [1.807, 2.05) is 11.9 Å². The van der Waals surface area contributed by atoms with Gasteiger partial charge in [0.25, 0.3) is 0 Å². The van der Waals surface area contributed by atoms with Crippen LogP contribution in [0, 0.1) is 5.92 Å². The Balaban J connectivity index is 2.46. The van der Waals surface area contributed by atoms with Crippen molar-refractivity contribution in [3.8, 4) is 0 Å². The third-order valence-electron chi connectivity index (χ3n) is 3.61. The zero-order valence-corrected chi connectivity index (χ0v) is 10.4. The zero-order valence-electron chi connectivity index (χ0n) is 10.4. The van der Waals surface area contributed by atoms with Gasteiger partial charge in [0.2, 0.25) is 5.91 Å². The fourth-order valence-corrected chi connectivity index (χ4v) is 1.99. The van der Waals surface area contributed by atoms with E-state index >= 15 is 0 Å². The van der Waals surface area contributed by atoms with Crippen molar-refractivity contribution in [1.29, 1.82) is 0 Å². The maximum Gasteiger partial charge on any atom is 0.226 e. The Bertz CT molecular complexity index is 210. The third kappa shape index (κ3) is 3.20. The lowest BCUT2D eigenvalue weighted by molar-refractivity contribution is -0.136. The number of carbonyl (C=O) groups excluding carboxylic acids is 1. The third-order valence-corrected chi connectivity index (χ3v) is 3.61. The van der Waals surface area contributed by atoms with Crippen molar-refractivity contribution in [2.45, 2.75) is 52.1 Å². The van der Waals surface area contributed by atoms with Crippen molar-refractivity contribution >= 4 is 5.91 Å². The number of nitrogens with zero attached hydrogens (tertiary/aromatic N) is 1. The summed E-state index contributed by atoms with van der Waals surface area (Å²) >= 11 is 0. The largest absolute Gasteiger partial charge is 0.343 e. The normalized spacial score (nSPS) is 28.5. The second kappa shape index (κ2) is 5.50. The van der Waals surface area contributed by atoms with Gasteiger partial charge in [-0.3, -0.25) is 4.79 Å². The van der Waals surface area contributed by atoms with Crippen LogP contribution in [0.25, 0.3) is 0 Å². The van der Waals surface area contributed by atoms with Gasteiger partial charge < -0.3 is 10.2 Å². The lowest BCUT2D eigenvalue weighted by atomic mass is 9.94. The van der Waals surface area contributed by atoms with Crippen molar-refractivity contribution < 1.29 is 4.79 Å². The number of hydrogen-bond acceptors (Lipinski definition) is 2. The summed E-state index contributed by atoms with van der Waals surface area (Å²) in [7, 11) is 1.93. The lowest BCUT2D eigenvalue weighted by Gasteiger charge is -2.32.